The first-order valence-corrected chi connectivity index (χ1v) is 10.7. The summed E-state index contributed by atoms with van der Waals surface area (Å²) >= 11 is 15.3. The summed E-state index contributed by atoms with van der Waals surface area (Å²) in [5, 5.41) is 5.19. The van der Waals surface area contributed by atoms with Crippen LogP contribution in [0.5, 0.6) is 5.75 Å². The molecule has 0 amide bonds. The van der Waals surface area contributed by atoms with E-state index in [4.69, 9.17) is 27.9 Å². The SMILES string of the molecule is COc1ccc(S(=O)(=O)Nc2nn(Cc3ccc(Cl)c(Cl)c3)cc2Br)cc1. The van der Waals surface area contributed by atoms with Crippen LogP contribution in [0.15, 0.2) is 58.0 Å². The maximum Gasteiger partial charge on any atom is 0.263 e. The fourth-order valence-corrected chi connectivity index (χ4v) is 4.20. The lowest BCUT2D eigenvalue weighted by Gasteiger charge is -2.07. The zero-order chi connectivity index (χ0) is 19.6. The third-order valence-electron chi connectivity index (χ3n) is 3.65. The fraction of sp³-hybridized carbons (Fsp3) is 0.118. The van der Waals surface area contributed by atoms with Crippen molar-refractivity contribution in [2.75, 3.05) is 11.8 Å². The lowest BCUT2D eigenvalue weighted by atomic mass is 10.2. The van der Waals surface area contributed by atoms with E-state index in [0.29, 0.717) is 26.8 Å². The maximum absolute atomic E-state index is 12.5. The number of rotatable bonds is 6. The Kier molecular flexibility index (Phi) is 6.00. The van der Waals surface area contributed by atoms with E-state index in [-0.39, 0.29) is 10.7 Å². The second-order valence-corrected chi connectivity index (χ2v) is 8.90. The number of nitrogens with one attached hydrogen (secondary N) is 1. The smallest absolute Gasteiger partial charge is 0.263 e. The highest BCUT2D eigenvalue weighted by Gasteiger charge is 2.18. The molecule has 0 aliphatic heterocycles. The Balaban J connectivity index is 1.80. The van der Waals surface area contributed by atoms with Crippen molar-refractivity contribution in [1.82, 2.24) is 9.78 Å². The summed E-state index contributed by atoms with van der Waals surface area (Å²) in [5.41, 5.74) is 0.879. The highest BCUT2D eigenvalue weighted by molar-refractivity contribution is 9.10. The Hall–Kier alpha value is -1.74. The number of halogens is 3. The molecule has 1 aromatic heterocycles. The lowest BCUT2D eigenvalue weighted by Crippen LogP contribution is -2.14. The van der Waals surface area contributed by atoms with E-state index in [1.54, 1.807) is 35.1 Å². The van der Waals surface area contributed by atoms with Gasteiger partial charge in [0, 0.05) is 6.20 Å². The van der Waals surface area contributed by atoms with Gasteiger partial charge < -0.3 is 4.74 Å². The summed E-state index contributed by atoms with van der Waals surface area (Å²) in [7, 11) is -2.27. The third-order valence-corrected chi connectivity index (χ3v) is 6.32. The lowest BCUT2D eigenvalue weighted by molar-refractivity contribution is 0.414. The van der Waals surface area contributed by atoms with Crippen LogP contribution in [-0.2, 0) is 16.6 Å². The number of ether oxygens (including phenoxy) is 1. The molecule has 0 saturated heterocycles. The first kappa shape index (κ1) is 20.0. The van der Waals surface area contributed by atoms with E-state index in [0.717, 1.165) is 5.56 Å². The van der Waals surface area contributed by atoms with Crippen molar-refractivity contribution >= 4 is 55.0 Å². The van der Waals surface area contributed by atoms with Crippen molar-refractivity contribution in [3.05, 3.63) is 68.7 Å². The van der Waals surface area contributed by atoms with Crippen molar-refractivity contribution in [3.63, 3.8) is 0 Å². The molecule has 10 heteroatoms. The van der Waals surface area contributed by atoms with Gasteiger partial charge >= 0.3 is 0 Å². The van der Waals surface area contributed by atoms with Gasteiger partial charge in [0.25, 0.3) is 10.0 Å². The molecule has 0 spiro atoms. The van der Waals surface area contributed by atoms with Crippen LogP contribution < -0.4 is 9.46 Å². The largest absolute Gasteiger partial charge is 0.497 e. The number of hydrogen-bond acceptors (Lipinski definition) is 4. The number of aromatic nitrogens is 2. The minimum atomic E-state index is -3.78. The summed E-state index contributed by atoms with van der Waals surface area (Å²) in [6.45, 7) is 0.403. The van der Waals surface area contributed by atoms with Gasteiger partial charge in [-0.25, -0.2) is 8.42 Å². The van der Waals surface area contributed by atoms with E-state index in [1.807, 2.05) is 6.07 Å². The molecular formula is C17H14BrCl2N3O3S. The molecule has 0 aliphatic carbocycles. The van der Waals surface area contributed by atoms with Gasteiger partial charge in [0.15, 0.2) is 5.82 Å². The number of sulfonamides is 1. The molecule has 27 heavy (non-hydrogen) atoms. The number of anilines is 1. The Morgan fingerprint density at radius 2 is 1.85 bits per heavy atom. The molecule has 3 aromatic rings. The summed E-state index contributed by atoms with van der Waals surface area (Å²) in [6.07, 6.45) is 1.67. The van der Waals surface area contributed by atoms with E-state index >= 15 is 0 Å². The zero-order valence-electron chi connectivity index (χ0n) is 14.0. The topological polar surface area (TPSA) is 73.2 Å². The van der Waals surface area contributed by atoms with Gasteiger partial charge in [-0.2, -0.15) is 5.10 Å². The molecule has 0 fully saturated rings. The van der Waals surface area contributed by atoms with E-state index in [9.17, 15) is 8.42 Å². The molecule has 3 rings (SSSR count). The first-order valence-electron chi connectivity index (χ1n) is 7.62. The van der Waals surface area contributed by atoms with Crippen LogP contribution in [0, 0.1) is 0 Å². The van der Waals surface area contributed by atoms with Crippen molar-refractivity contribution in [1.29, 1.82) is 0 Å². The molecule has 0 saturated carbocycles. The number of hydrogen-bond donors (Lipinski definition) is 1. The molecule has 0 radical (unpaired) electrons. The first-order chi connectivity index (χ1) is 12.8. The molecule has 1 heterocycles. The average molecular weight is 491 g/mol. The van der Waals surface area contributed by atoms with E-state index in [2.05, 4.69) is 25.8 Å². The minimum Gasteiger partial charge on any atom is -0.497 e. The second kappa shape index (κ2) is 8.10. The molecular weight excluding hydrogens is 477 g/mol. The van der Waals surface area contributed by atoms with Crippen LogP contribution >= 0.6 is 39.1 Å². The van der Waals surface area contributed by atoms with Gasteiger partial charge in [0.05, 0.1) is 33.1 Å². The van der Waals surface area contributed by atoms with Crippen molar-refractivity contribution < 1.29 is 13.2 Å². The molecule has 0 bridgehead atoms. The summed E-state index contributed by atoms with van der Waals surface area (Å²) in [6, 6.07) is 11.3. The van der Waals surface area contributed by atoms with Crippen LogP contribution in [-0.4, -0.2) is 25.3 Å². The summed E-state index contributed by atoms with van der Waals surface area (Å²) in [4.78, 5) is 0.106. The maximum atomic E-state index is 12.5. The highest BCUT2D eigenvalue weighted by Crippen LogP contribution is 2.26. The molecule has 0 unspecified atom stereocenters. The van der Waals surface area contributed by atoms with Gasteiger partial charge in [-0.3, -0.25) is 9.40 Å². The molecule has 142 valence electrons. The molecule has 2 aromatic carbocycles. The molecule has 1 N–H and O–H groups in total. The molecule has 0 atom stereocenters. The van der Waals surface area contributed by atoms with Crippen molar-refractivity contribution in [3.8, 4) is 5.75 Å². The van der Waals surface area contributed by atoms with E-state index < -0.39 is 10.0 Å². The standard InChI is InChI=1S/C17H14BrCl2N3O3S/c1-26-12-3-5-13(6-4-12)27(24,25)22-17-14(18)10-23(21-17)9-11-2-7-15(19)16(20)8-11/h2-8,10H,9H2,1H3,(H,21,22). The normalized spacial score (nSPS) is 11.4. The predicted molar refractivity (Wildman–Crippen MR) is 109 cm³/mol. The van der Waals surface area contributed by atoms with Crippen LogP contribution in [0.25, 0.3) is 0 Å². The van der Waals surface area contributed by atoms with E-state index in [1.165, 1.54) is 19.2 Å². The van der Waals surface area contributed by atoms with Crippen LogP contribution in [0.4, 0.5) is 5.82 Å². The molecule has 6 nitrogen and oxygen atoms in total. The van der Waals surface area contributed by atoms with Gasteiger partial charge in [0.1, 0.15) is 5.75 Å². The van der Waals surface area contributed by atoms with Crippen LogP contribution in [0.1, 0.15) is 5.56 Å². The average Bonchev–Trinajstić information content (AvgIpc) is 2.96. The Bertz CT molecular complexity index is 1070. The quantitative estimate of drug-likeness (QED) is 0.538. The van der Waals surface area contributed by atoms with Gasteiger partial charge in [-0.15, -0.1) is 0 Å². The van der Waals surface area contributed by atoms with Crippen molar-refractivity contribution in [2.24, 2.45) is 0 Å². The van der Waals surface area contributed by atoms with Crippen LogP contribution in [0.3, 0.4) is 0 Å². The predicted octanol–water partition coefficient (Wildman–Crippen LogP) is 4.81. The van der Waals surface area contributed by atoms with Gasteiger partial charge in [-0.05, 0) is 57.9 Å². The summed E-state index contributed by atoms with van der Waals surface area (Å²) < 4.78 is 34.7. The Morgan fingerprint density at radius 3 is 2.48 bits per heavy atom. The highest BCUT2D eigenvalue weighted by atomic mass is 79.9. The number of benzene rings is 2. The van der Waals surface area contributed by atoms with Crippen LogP contribution in [0.2, 0.25) is 10.0 Å². The zero-order valence-corrected chi connectivity index (χ0v) is 17.9. The second-order valence-electron chi connectivity index (χ2n) is 5.55. The summed E-state index contributed by atoms with van der Waals surface area (Å²) in [5.74, 6) is 0.756. The number of methoxy groups -OCH3 is 1. The monoisotopic (exact) mass is 489 g/mol. The molecule has 0 aliphatic rings. The van der Waals surface area contributed by atoms with Gasteiger partial charge in [0.2, 0.25) is 0 Å². The minimum absolute atomic E-state index is 0.106. The Morgan fingerprint density at radius 1 is 1.15 bits per heavy atom. The third kappa shape index (κ3) is 4.76. The fourth-order valence-electron chi connectivity index (χ4n) is 2.31. The Labute approximate surface area is 175 Å². The number of nitrogens with zero attached hydrogens (tertiary/aromatic N) is 2. The van der Waals surface area contributed by atoms with Crippen molar-refractivity contribution in [2.45, 2.75) is 11.4 Å². The van der Waals surface area contributed by atoms with Gasteiger partial charge in [-0.1, -0.05) is 29.3 Å².